The van der Waals surface area contributed by atoms with E-state index >= 15 is 0 Å². The van der Waals surface area contributed by atoms with Gasteiger partial charge in [-0.3, -0.25) is 0 Å². The first-order chi connectivity index (χ1) is 8.65. The van der Waals surface area contributed by atoms with Crippen LogP contribution < -0.4 is 15.2 Å². The number of hydrogen-bond donors (Lipinski definition) is 1. The predicted molar refractivity (Wildman–Crippen MR) is 73.9 cm³/mol. The molecule has 0 saturated carbocycles. The summed E-state index contributed by atoms with van der Waals surface area (Å²) in [5.41, 5.74) is 7.91. The Morgan fingerprint density at radius 3 is 2.72 bits per heavy atom. The standard InChI is InChI=1S/C14H20ClNO2/c1-9(2)13-10(4-5-16)11(15)8-12-14(13)18-7-3-6-17-12/h8-9H,3-7,16H2,1-2H3. The van der Waals surface area contributed by atoms with Crippen molar-refractivity contribution in [3.8, 4) is 11.5 Å². The summed E-state index contributed by atoms with van der Waals surface area (Å²) in [4.78, 5) is 0. The van der Waals surface area contributed by atoms with Gasteiger partial charge in [0, 0.05) is 23.1 Å². The first-order valence-corrected chi connectivity index (χ1v) is 6.84. The maximum atomic E-state index is 6.35. The zero-order chi connectivity index (χ0) is 13.1. The van der Waals surface area contributed by atoms with Crippen LogP contribution in [0.4, 0.5) is 0 Å². The average molecular weight is 270 g/mol. The molecule has 3 nitrogen and oxygen atoms in total. The van der Waals surface area contributed by atoms with E-state index in [9.17, 15) is 0 Å². The molecule has 1 aliphatic rings. The number of hydrogen-bond acceptors (Lipinski definition) is 3. The highest BCUT2D eigenvalue weighted by Gasteiger charge is 2.22. The molecule has 0 atom stereocenters. The molecular weight excluding hydrogens is 250 g/mol. The highest BCUT2D eigenvalue weighted by atomic mass is 35.5. The lowest BCUT2D eigenvalue weighted by molar-refractivity contribution is 0.295. The third-order valence-electron chi connectivity index (χ3n) is 3.10. The molecule has 0 radical (unpaired) electrons. The molecule has 18 heavy (non-hydrogen) atoms. The van der Waals surface area contributed by atoms with Crippen LogP contribution >= 0.6 is 11.6 Å². The number of nitrogens with two attached hydrogens (primary N) is 1. The van der Waals surface area contributed by atoms with Crippen molar-refractivity contribution in [3.05, 3.63) is 22.2 Å². The second kappa shape index (κ2) is 5.81. The van der Waals surface area contributed by atoms with E-state index < -0.39 is 0 Å². The Morgan fingerprint density at radius 1 is 1.33 bits per heavy atom. The molecule has 0 aliphatic carbocycles. The monoisotopic (exact) mass is 269 g/mol. The summed E-state index contributed by atoms with van der Waals surface area (Å²) in [6.45, 7) is 6.23. The van der Waals surface area contributed by atoms with Gasteiger partial charge in [0.05, 0.1) is 13.2 Å². The molecule has 0 unspecified atom stereocenters. The summed E-state index contributed by atoms with van der Waals surface area (Å²) < 4.78 is 11.6. The summed E-state index contributed by atoms with van der Waals surface area (Å²) in [7, 11) is 0. The van der Waals surface area contributed by atoms with Crippen LogP contribution in [0.1, 0.15) is 37.3 Å². The first kappa shape index (κ1) is 13.5. The van der Waals surface area contributed by atoms with Crippen LogP contribution in [0, 0.1) is 0 Å². The van der Waals surface area contributed by atoms with Gasteiger partial charge in [-0.1, -0.05) is 25.4 Å². The number of fused-ring (bicyclic) bond motifs is 1. The van der Waals surface area contributed by atoms with Crippen molar-refractivity contribution in [2.24, 2.45) is 5.73 Å². The van der Waals surface area contributed by atoms with Gasteiger partial charge in [0.25, 0.3) is 0 Å². The van der Waals surface area contributed by atoms with E-state index in [2.05, 4.69) is 13.8 Å². The van der Waals surface area contributed by atoms with E-state index in [0.717, 1.165) is 40.5 Å². The van der Waals surface area contributed by atoms with Crippen molar-refractivity contribution in [3.63, 3.8) is 0 Å². The van der Waals surface area contributed by atoms with Gasteiger partial charge < -0.3 is 15.2 Å². The van der Waals surface area contributed by atoms with Gasteiger partial charge >= 0.3 is 0 Å². The highest BCUT2D eigenvalue weighted by Crippen LogP contribution is 2.43. The smallest absolute Gasteiger partial charge is 0.164 e. The fourth-order valence-electron chi connectivity index (χ4n) is 2.35. The van der Waals surface area contributed by atoms with Crippen molar-refractivity contribution in [1.82, 2.24) is 0 Å². The largest absolute Gasteiger partial charge is 0.489 e. The topological polar surface area (TPSA) is 44.5 Å². The van der Waals surface area contributed by atoms with Crippen LogP contribution in [0.25, 0.3) is 0 Å². The van der Waals surface area contributed by atoms with Crippen molar-refractivity contribution in [1.29, 1.82) is 0 Å². The van der Waals surface area contributed by atoms with Crippen molar-refractivity contribution in [2.45, 2.75) is 32.6 Å². The van der Waals surface area contributed by atoms with E-state index in [0.29, 0.717) is 25.7 Å². The molecule has 0 spiro atoms. The Hall–Kier alpha value is -0.930. The Morgan fingerprint density at radius 2 is 2.06 bits per heavy atom. The van der Waals surface area contributed by atoms with Crippen molar-refractivity contribution >= 4 is 11.6 Å². The number of rotatable bonds is 3. The lowest BCUT2D eigenvalue weighted by Crippen LogP contribution is -2.09. The molecule has 0 saturated heterocycles. The van der Waals surface area contributed by atoms with Crippen LogP contribution in [0.2, 0.25) is 5.02 Å². The van der Waals surface area contributed by atoms with E-state index in [1.54, 1.807) is 0 Å². The van der Waals surface area contributed by atoms with Gasteiger partial charge in [-0.15, -0.1) is 0 Å². The lowest BCUT2D eigenvalue weighted by atomic mass is 9.93. The lowest BCUT2D eigenvalue weighted by Gasteiger charge is -2.20. The Labute approximate surface area is 113 Å². The van der Waals surface area contributed by atoms with Gasteiger partial charge in [0.2, 0.25) is 0 Å². The fourth-order valence-corrected chi connectivity index (χ4v) is 2.64. The molecule has 0 aromatic heterocycles. The van der Waals surface area contributed by atoms with Crippen molar-refractivity contribution in [2.75, 3.05) is 19.8 Å². The summed E-state index contributed by atoms with van der Waals surface area (Å²) in [5, 5.41) is 0.730. The molecule has 2 N–H and O–H groups in total. The molecule has 1 heterocycles. The summed E-state index contributed by atoms with van der Waals surface area (Å²) in [6, 6.07) is 1.86. The zero-order valence-corrected chi connectivity index (χ0v) is 11.7. The predicted octanol–water partition coefficient (Wildman–Crippen LogP) is 3.13. The van der Waals surface area contributed by atoms with Crippen LogP contribution in [0.5, 0.6) is 11.5 Å². The van der Waals surface area contributed by atoms with E-state index in [-0.39, 0.29) is 0 Å². The SMILES string of the molecule is CC(C)c1c(CCN)c(Cl)cc2c1OCCCO2. The molecule has 1 aromatic carbocycles. The minimum Gasteiger partial charge on any atom is -0.489 e. The summed E-state index contributed by atoms with van der Waals surface area (Å²) in [6.07, 6.45) is 1.67. The molecule has 0 amide bonds. The van der Waals surface area contributed by atoms with Gasteiger partial charge in [-0.25, -0.2) is 0 Å². The van der Waals surface area contributed by atoms with E-state index in [1.165, 1.54) is 0 Å². The normalized spacial score (nSPS) is 14.7. The third-order valence-corrected chi connectivity index (χ3v) is 3.44. The second-order valence-electron chi connectivity index (χ2n) is 4.82. The van der Waals surface area contributed by atoms with E-state index in [4.69, 9.17) is 26.8 Å². The minimum absolute atomic E-state index is 0.334. The Kier molecular flexibility index (Phi) is 4.36. The fraction of sp³-hybridized carbons (Fsp3) is 0.571. The van der Waals surface area contributed by atoms with Gasteiger partial charge in [0.1, 0.15) is 0 Å². The van der Waals surface area contributed by atoms with Crippen LogP contribution in [-0.4, -0.2) is 19.8 Å². The van der Waals surface area contributed by atoms with Crippen LogP contribution in [0.3, 0.4) is 0 Å². The number of halogens is 1. The molecule has 0 bridgehead atoms. The molecule has 100 valence electrons. The quantitative estimate of drug-likeness (QED) is 0.917. The van der Waals surface area contributed by atoms with Gasteiger partial charge in [-0.2, -0.15) is 0 Å². The average Bonchev–Trinajstić information content (AvgIpc) is 2.54. The van der Waals surface area contributed by atoms with Crippen molar-refractivity contribution < 1.29 is 9.47 Å². The molecule has 1 aromatic rings. The highest BCUT2D eigenvalue weighted by molar-refractivity contribution is 6.31. The summed E-state index contributed by atoms with van der Waals surface area (Å²) >= 11 is 6.35. The third kappa shape index (κ3) is 2.57. The maximum absolute atomic E-state index is 6.35. The molecule has 4 heteroatoms. The van der Waals surface area contributed by atoms with Crippen LogP contribution in [-0.2, 0) is 6.42 Å². The van der Waals surface area contributed by atoms with E-state index in [1.807, 2.05) is 6.07 Å². The summed E-state index contributed by atoms with van der Waals surface area (Å²) in [5.74, 6) is 1.96. The molecular formula is C14H20ClNO2. The number of benzene rings is 1. The second-order valence-corrected chi connectivity index (χ2v) is 5.23. The molecule has 0 fully saturated rings. The van der Waals surface area contributed by atoms with Crippen LogP contribution in [0.15, 0.2) is 6.07 Å². The van der Waals surface area contributed by atoms with Gasteiger partial charge in [-0.05, 0) is 24.4 Å². The Balaban J connectivity index is 2.58. The van der Waals surface area contributed by atoms with Gasteiger partial charge in [0.15, 0.2) is 11.5 Å². The molecule has 1 aliphatic heterocycles. The zero-order valence-electron chi connectivity index (χ0n) is 11.0. The maximum Gasteiger partial charge on any atom is 0.164 e. The molecule has 2 rings (SSSR count). The Bertz CT molecular complexity index is 432. The number of ether oxygens (including phenoxy) is 2. The first-order valence-electron chi connectivity index (χ1n) is 6.46. The minimum atomic E-state index is 0.334.